The summed E-state index contributed by atoms with van der Waals surface area (Å²) < 4.78 is 5.52. The van der Waals surface area contributed by atoms with E-state index in [9.17, 15) is 9.59 Å². The van der Waals surface area contributed by atoms with Crippen LogP contribution in [0.1, 0.15) is 16.7 Å². The first kappa shape index (κ1) is 22.1. The lowest BCUT2D eigenvalue weighted by atomic mass is 10.0. The van der Waals surface area contributed by atoms with Gasteiger partial charge in [0.1, 0.15) is 11.4 Å². The largest absolute Gasteiger partial charge is 0.496 e. The van der Waals surface area contributed by atoms with Crippen LogP contribution in [0.15, 0.2) is 72.4 Å². The van der Waals surface area contributed by atoms with Crippen LogP contribution in [-0.4, -0.2) is 33.0 Å². The molecule has 3 aromatic rings. The van der Waals surface area contributed by atoms with Crippen LogP contribution in [0, 0.1) is 13.8 Å². The highest BCUT2D eigenvalue weighted by atomic mass is 16.5. The molecule has 0 saturated heterocycles. The van der Waals surface area contributed by atoms with Crippen LogP contribution >= 0.6 is 0 Å². The summed E-state index contributed by atoms with van der Waals surface area (Å²) in [5.74, 6) is -0.274. The maximum Gasteiger partial charge on any atom is 0.282 e. The standard InChI is InChI=1S/C27H27N3O3/c1-17-10-8-14-22(18(17)2)28-25-24(21-13-6-7-15-23(21)33-5)26(31)30(27(25)32)20-12-9-11-19(16-20)29(3)4/h6-16,28H,1-5H3. The van der Waals surface area contributed by atoms with Gasteiger partial charge in [0.05, 0.1) is 18.4 Å². The Kier molecular flexibility index (Phi) is 5.92. The fourth-order valence-corrected chi connectivity index (χ4v) is 3.91. The van der Waals surface area contributed by atoms with Crippen molar-refractivity contribution >= 4 is 34.4 Å². The summed E-state index contributed by atoms with van der Waals surface area (Å²) in [6.07, 6.45) is 0. The van der Waals surface area contributed by atoms with E-state index in [0.717, 1.165) is 22.5 Å². The van der Waals surface area contributed by atoms with Gasteiger partial charge in [-0.1, -0.05) is 36.4 Å². The van der Waals surface area contributed by atoms with Crippen LogP contribution in [0.2, 0.25) is 0 Å². The molecular formula is C27H27N3O3. The quantitative estimate of drug-likeness (QED) is 0.558. The smallest absolute Gasteiger partial charge is 0.282 e. The zero-order valence-electron chi connectivity index (χ0n) is 19.5. The first-order valence-corrected chi connectivity index (χ1v) is 10.7. The van der Waals surface area contributed by atoms with Gasteiger partial charge in [0.15, 0.2) is 0 Å². The maximum absolute atomic E-state index is 13.8. The summed E-state index contributed by atoms with van der Waals surface area (Å²) >= 11 is 0. The molecule has 0 unspecified atom stereocenters. The van der Waals surface area contributed by atoms with E-state index in [4.69, 9.17) is 4.74 Å². The van der Waals surface area contributed by atoms with Crippen molar-refractivity contribution in [3.8, 4) is 5.75 Å². The molecular weight excluding hydrogens is 414 g/mol. The van der Waals surface area contributed by atoms with Crippen molar-refractivity contribution in [2.75, 3.05) is 36.3 Å². The molecule has 2 amide bonds. The molecule has 0 aliphatic carbocycles. The van der Waals surface area contributed by atoms with Gasteiger partial charge in [-0.25, -0.2) is 4.90 Å². The van der Waals surface area contributed by atoms with E-state index in [1.54, 1.807) is 25.3 Å². The number of hydrogen-bond donors (Lipinski definition) is 1. The van der Waals surface area contributed by atoms with E-state index < -0.39 is 11.8 Å². The van der Waals surface area contributed by atoms with Crippen molar-refractivity contribution in [1.29, 1.82) is 0 Å². The first-order valence-electron chi connectivity index (χ1n) is 10.7. The SMILES string of the molecule is COc1ccccc1C1=C(Nc2cccc(C)c2C)C(=O)N(c2cccc(N(C)C)c2)C1=O. The van der Waals surface area contributed by atoms with Crippen molar-refractivity contribution in [2.24, 2.45) is 0 Å². The third-order valence-electron chi connectivity index (χ3n) is 5.93. The number of hydrogen-bond acceptors (Lipinski definition) is 5. The number of aryl methyl sites for hydroxylation is 1. The summed E-state index contributed by atoms with van der Waals surface area (Å²) in [6.45, 7) is 4.00. The number of ether oxygens (including phenoxy) is 1. The maximum atomic E-state index is 13.8. The molecule has 33 heavy (non-hydrogen) atoms. The lowest BCUT2D eigenvalue weighted by molar-refractivity contribution is -0.120. The van der Waals surface area contributed by atoms with Gasteiger partial charge in [-0.05, 0) is 55.3 Å². The normalized spacial score (nSPS) is 13.5. The number of carbonyl (C=O) groups is 2. The van der Waals surface area contributed by atoms with Gasteiger partial charge in [0.25, 0.3) is 11.8 Å². The van der Waals surface area contributed by atoms with Crippen molar-refractivity contribution in [2.45, 2.75) is 13.8 Å². The van der Waals surface area contributed by atoms with Gasteiger partial charge in [0.2, 0.25) is 0 Å². The average Bonchev–Trinajstić information content (AvgIpc) is 3.05. The lowest BCUT2D eigenvalue weighted by Gasteiger charge is -2.19. The Labute approximate surface area is 194 Å². The van der Waals surface area contributed by atoms with Crippen molar-refractivity contribution in [1.82, 2.24) is 0 Å². The zero-order valence-corrected chi connectivity index (χ0v) is 19.5. The van der Waals surface area contributed by atoms with Crippen molar-refractivity contribution in [3.63, 3.8) is 0 Å². The molecule has 3 aromatic carbocycles. The van der Waals surface area contributed by atoms with E-state index in [-0.39, 0.29) is 11.3 Å². The molecule has 0 atom stereocenters. The highest BCUT2D eigenvalue weighted by Crippen LogP contribution is 2.38. The minimum atomic E-state index is -0.405. The Morgan fingerprint density at radius 1 is 0.879 bits per heavy atom. The molecule has 1 aliphatic heterocycles. The Balaban J connectivity index is 1.88. The molecule has 1 heterocycles. The number of imide groups is 1. The van der Waals surface area contributed by atoms with Crippen molar-refractivity contribution < 1.29 is 14.3 Å². The number of para-hydroxylation sites is 1. The van der Waals surface area contributed by atoms with Crippen LogP contribution in [-0.2, 0) is 9.59 Å². The van der Waals surface area contributed by atoms with Gasteiger partial charge in [-0.15, -0.1) is 0 Å². The van der Waals surface area contributed by atoms with Crippen LogP contribution < -0.4 is 19.9 Å². The lowest BCUT2D eigenvalue weighted by Crippen LogP contribution is -2.32. The third kappa shape index (κ3) is 3.96. The summed E-state index contributed by atoms with van der Waals surface area (Å²) in [4.78, 5) is 30.6. The topological polar surface area (TPSA) is 61.9 Å². The fraction of sp³-hybridized carbons (Fsp3) is 0.185. The number of rotatable bonds is 6. The molecule has 0 spiro atoms. The van der Waals surface area contributed by atoms with Gasteiger partial charge < -0.3 is 15.0 Å². The van der Waals surface area contributed by atoms with E-state index in [2.05, 4.69) is 5.32 Å². The van der Waals surface area contributed by atoms with Crippen LogP contribution in [0.4, 0.5) is 17.1 Å². The number of nitrogens with one attached hydrogen (secondary N) is 1. The van der Waals surface area contributed by atoms with E-state index >= 15 is 0 Å². The van der Waals surface area contributed by atoms with Crippen LogP contribution in [0.5, 0.6) is 5.75 Å². The molecule has 0 aromatic heterocycles. The molecule has 0 fully saturated rings. The Morgan fingerprint density at radius 2 is 1.61 bits per heavy atom. The monoisotopic (exact) mass is 441 g/mol. The summed E-state index contributed by atoms with van der Waals surface area (Å²) in [6, 6.07) is 20.4. The molecule has 0 saturated carbocycles. The molecule has 0 radical (unpaired) electrons. The van der Waals surface area contributed by atoms with Crippen molar-refractivity contribution in [3.05, 3.63) is 89.1 Å². The third-order valence-corrected chi connectivity index (χ3v) is 5.93. The van der Waals surface area contributed by atoms with Gasteiger partial charge >= 0.3 is 0 Å². The molecule has 4 rings (SSSR count). The summed E-state index contributed by atoms with van der Waals surface area (Å²) in [5.41, 5.74) is 5.37. The molecule has 6 nitrogen and oxygen atoms in total. The number of nitrogens with zero attached hydrogens (tertiary/aromatic N) is 2. The second-order valence-electron chi connectivity index (χ2n) is 8.18. The zero-order chi connectivity index (χ0) is 23.7. The Morgan fingerprint density at radius 3 is 2.33 bits per heavy atom. The second-order valence-corrected chi connectivity index (χ2v) is 8.18. The highest BCUT2D eigenvalue weighted by Gasteiger charge is 2.41. The minimum absolute atomic E-state index is 0.230. The summed E-state index contributed by atoms with van der Waals surface area (Å²) in [5, 5.41) is 3.27. The number of benzene rings is 3. The molecule has 1 aliphatic rings. The summed E-state index contributed by atoms with van der Waals surface area (Å²) in [7, 11) is 5.38. The Hall–Kier alpha value is -4.06. The van der Waals surface area contributed by atoms with E-state index in [1.165, 1.54) is 4.90 Å². The average molecular weight is 442 g/mol. The van der Waals surface area contributed by atoms with E-state index in [1.807, 2.05) is 81.4 Å². The first-order chi connectivity index (χ1) is 15.8. The van der Waals surface area contributed by atoms with E-state index in [0.29, 0.717) is 17.0 Å². The molecule has 0 bridgehead atoms. The Bertz CT molecular complexity index is 1280. The molecule has 6 heteroatoms. The molecule has 1 N–H and O–H groups in total. The second kappa shape index (κ2) is 8.82. The minimum Gasteiger partial charge on any atom is -0.496 e. The number of amides is 2. The highest BCUT2D eigenvalue weighted by molar-refractivity contribution is 6.46. The molecule has 168 valence electrons. The number of anilines is 3. The van der Waals surface area contributed by atoms with Crippen LogP contribution in [0.3, 0.4) is 0 Å². The number of methoxy groups -OCH3 is 1. The predicted molar refractivity (Wildman–Crippen MR) is 133 cm³/mol. The van der Waals surface area contributed by atoms with Gasteiger partial charge in [-0.3, -0.25) is 9.59 Å². The van der Waals surface area contributed by atoms with Crippen LogP contribution in [0.25, 0.3) is 5.57 Å². The number of carbonyl (C=O) groups excluding carboxylic acids is 2. The predicted octanol–water partition coefficient (Wildman–Crippen LogP) is 4.77. The fourth-order valence-electron chi connectivity index (χ4n) is 3.91. The van der Waals surface area contributed by atoms with Gasteiger partial charge in [0, 0.05) is 31.0 Å². The van der Waals surface area contributed by atoms with Gasteiger partial charge in [-0.2, -0.15) is 0 Å².